The summed E-state index contributed by atoms with van der Waals surface area (Å²) < 4.78 is 1.87. The number of pyridine rings is 2. The number of fused-ring (bicyclic) bond motifs is 1. The van der Waals surface area contributed by atoms with Crippen LogP contribution in [0.3, 0.4) is 0 Å². The first-order valence-electron chi connectivity index (χ1n) is 9.81. The molecular formula is C24H22N4O2. The van der Waals surface area contributed by atoms with Gasteiger partial charge in [0.15, 0.2) is 11.1 Å². The number of nitrogens with one attached hydrogen (secondary N) is 2. The third-order valence-electron chi connectivity index (χ3n) is 4.80. The van der Waals surface area contributed by atoms with Crippen molar-refractivity contribution in [2.45, 2.75) is 13.8 Å². The summed E-state index contributed by atoms with van der Waals surface area (Å²) in [6.07, 6.45) is 0. The first kappa shape index (κ1) is 19.4. The van der Waals surface area contributed by atoms with Crippen molar-refractivity contribution >= 4 is 28.4 Å². The van der Waals surface area contributed by atoms with Crippen LogP contribution < -0.4 is 16.1 Å². The third-order valence-corrected chi connectivity index (χ3v) is 4.80. The van der Waals surface area contributed by atoms with E-state index in [-0.39, 0.29) is 17.0 Å². The number of nitrogens with zero attached hydrogens (tertiary/aromatic N) is 2. The fraction of sp³-hybridized carbons (Fsp3) is 0.125. The van der Waals surface area contributed by atoms with Gasteiger partial charge < -0.3 is 10.6 Å². The zero-order valence-corrected chi connectivity index (χ0v) is 16.8. The highest BCUT2D eigenvalue weighted by atomic mass is 16.1. The average molecular weight is 398 g/mol. The Labute approximate surface area is 174 Å². The second-order valence-electron chi connectivity index (χ2n) is 6.94. The minimum Gasteiger partial charge on any atom is -0.351 e. The van der Waals surface area contributed by atoms with E-state index >= 15 is 0 Å². The van der Waals surface area contributed by atoms with Crippen LogP contribution in [0.2, 0.25) is 0 Å². The monoisotopic (exact) mass is 398 g/mol. The predicted octanol–water partition coefficient (Wildman–Crippen LogP) is 4.19. The first-order valence-corrected chi connectivity index (χ1v) is 9.81. The molecule has 4 aromatic rings. The molecule has 1 amide bonds. The number of aryl methyl sites for hydroxylation is 1. The van der Waals surface area contributed by atoms with E-state index in [1.54, 1.807) is 12.1 Å². The van der Waals surface area contributed by atoms with Gasteiger partial charge in [-0.15, -0.1) is 0 Å². The number of hydrogen-bond acceptors (Lipinski definition) is 4. The molecule has 0 bridgehead atoms. The molecule has 0 atom stereocenters. The minimum atomic E-state index is -0.268. The summed E-state index contributed by atoms with van der Waals surface area (Å²) in [5.41, 5.74) is 2.96. The Bertz CT molecular complexity index is 1270. The van der Waals surface area contributed by atoms with Crippen LogP contribution in [0.25, 0.3) is 16.7 Å². The maximum absolute atomic E-state index is 13.0. The number of hydrogen-bond donors (Lipinski definition) is 2. The molecule has 2 N–H and O–H groups in total. The molecule has 0 saturated carbocycles. The molecule has 0 unspecified atom stereocenters. The first-order chi connectivity index (χ1) is 14.6. The maximum Gasteiger partial charge on any atom is 0.269 e. The van der Waals surface area contributed by atoms with E-state index in [9.17, 15) is 9.59 Å². The van der Waals surface area contributed by atoms with E-state index in [1.807, 2.05) is 79.1 Å². The van der Waals surface area contributed by atoms with Gasteiger partial charge in [-0.3, -0.25) is 14.2 Å². The van der Waals surface area contributed by atoms with Crippen LogP contribution in [0, 0.1) is 6.92 Å². The van der Waals surface area contributed by atoms with Gasteiger partial charge in [0, 0.05) is 24.0 Å². The van der Waals surface area contributed by atoms with Crippen LogP contribution in [-0.4, -0.2) is 22.0 Å². The predicted molar refractivity (Wildman–Crippen MR) is 120 cm³/mol. The fourth-order valence-electron chi connectivity index (χ4n) is 3.46. The molecule has 2 heterocycles. The lowest BCUT2D eigenvalue weighted by Crippen LogP contribution is -2.25. The Kier molecular flexibility index (Phi) is 5.30. The zero-order chi connectivity index (χ0) is 21.1. The lowest BCUT2D eigenvalue weighted by atomic mass is 10.1. The second-order valence-corrected chi connectivity index (χ2v) is 6.94. The molecule has 0 aliphatic heterocycles. The number of carbonyl (C=O) groups excluding carboxylic acids is 1. The fourth-order valence-corrected chi connectivity index (χ4v) is 3.46. The molecular weight excluding hydrogens is 376 g/mol. The number of rotatable bonds is 5. The average Bonchev–Trinajstić information content (AvgIpc) is 2.75. The summed E-state index contributed by atoms with van der Waals surface area (Å²) in [5, 5.41) is 6.59. The van der Waals surface area contributed by atoms with E-state index in [1.165, 1.54) is 0 Å². The lowest BCUT2D eigenvalue weighted by Gasteiger charge is -2.19. The topological polar surface area (TPSA) is 76.0 Å². The molecule has 0 aliphatic carbocycles. The smallest absolute Gasteiger partial charge is 0.269 e. The number of carbonyl (C=O) groups is 1. The maximum atomic E-state index is 13.0. The summed E-state index contributed by atoms with van der Waals surface area (Å²) in [6.45, 7) is 4.18. The van der Waals surface area contributed by atoms with Crippen LogP contribution in [-0.2, 0) is 0 Å². The van der Waals surface area contributed by atoms with E-state index in [0.29, 0.717) is 29.0 Å². The van der Waals surface area contributed by atoms with Gasteiger partial charge in [0.05, 0.1) is 5.39 Å². The largest absolute Gasteiger partial charge is 0.351 e. The molecule has 0 saturated heterocycles. The molecule has 0 spiro atoms. The van der Waals surface area contributed by atoms with Crippen LogP contribution >= 0.6 is 0 Å². The van der Waals surface area contributed by atoms with E-state index in [4.69, 9.17) is 0 Å². The molecule has 0 radical (unpaired) electrons. The number of amides is 1. The molecule has 4 rings (SSSR count). The Hall–Kier alpha value is -3.93. The van der Waals surface area contributed by atoms with Crippen molar-refractivity contribution < 1.29 is 4.79 Å². The summed E-state index contributed by atoms with van der Waals surface area (Å²) in [7, 11) is 0. The van der Waals surface area contributed by atoms with Crippen molar-refractivity contribution in [3.63, 3.8) is 0 Å². The Morgan fingerprint density at radius 2 is 1.67 bits per heavy atom. The number of anilines is 2. The SMILES string of the molecule is CCNC(=O)c1cc(C)c2c(=O)cc(Nc3ccccc3)n(-c3ccccc3)c2n1. The van der Waals surface area contributed by atoms with Crippen molar-refractivity contribution in [2.75, 3.05) is 11.9 Å². The molecule has 2 aromatic carbocycles. The number of benzene rings is 2. The highest BCUT2D eigenvalue weighted by Crippen LogP contribution is 2.26. The van der Waals surface area contributed by atoms with Gasteiger partial charge in [0.2, 0.25) is 0 Å². The van der Waals surface area contributed by atoms with Crippen LogP contribution in [0.4, 0.5) is 11.5 Å². The molecule has 0 aliphatic rings. The normalized spacial score (nSPS) is 10.7. The highest BCUT2D eigenvalue weighted by molar-refractivity contribution is 5.96. The minimum absolute atomic E-state index is 0.150. The van der Waals surface area contributed by atoms with Crippen molar-refractivity contribution in [1.29, 1.82) is 0 Å². The Balaban J connectivity index is 2.03. The van der Waals surface area contributed by atoms with Gasteiger partial charge in [0.25, 0.3) is 5.91 Å². The van der Waals surface area contributed by atoms with Crippen molar-refractivity contribution in [3.05, 3.63) is 94.3 Å². The van der Waals surface area contributed by atoms with E-state index < -0.39 is 0 Å². The summed E-state index contributed by atoms with van der Waals surface area (Å²) in [6, 6.07) is 22.5. The van der Waals surface area contributed by atoms with Gasteiger partial charge in [-0.25, -0.2) is 4.98 Å². The second kappa shape index (κ2) is 8.21. The standard InChI is InChI=1S/C24H22N4O2/c1-3-25-24(30)19-14-16(2)22-20(29)15-21(26-17-10-6-4-7-11-17)28(23(22)27-19)18-12-8-5-9-13-18/h4-15,26H,3H2,1-2H3,(H,25,30). The number of aromatic nitrogens is 2. The van der Waals surface area contributed by atoms with Crippen LogP contribution in [0.15, 0.2) is 77.6 Å². The summed E-state index contributed by atoms with van der Waals surface area (Å²) in [4.78, 5) is 30.1. The number of para-hydroxylation sites is 2. The summed E-state index contributed by atoms with van der Waals surface area (Å²) >= 11 is 0. The quantitative estimate of drug-likeness (QED) is 0.529. The molecule has 2 aromatic heterocycles. The van der Waals surface area contributed by atoms with Crippen molar-refractivity contribution in [2.24, 2.45) is 0 Å². The van der Waals surface area contributed by atoms with Gasteiger partial charge in [0.1, 0.15) is 11.5 Å². The third kappa shape index (κ3) is 3.67. The van der Waals surface area contributed by atoms with E-state index in [0.717, 1.165) is 11.4 Å². The van der Waals surface area contributed by atoms with E-state index in [2.05, 4.69) is 15.6 Å². The molecule has 30 heavy (non-hydrogen) atoms. The van der Waals surface area contributed by atoms with Crippen LogP contribution in [0.5, 0.6) is 0 Å². The van der Waals surface area contributed by atoms with Gasteiger partial charge in [-0.05, 0) is 49.7 Å². The van der Waals surface area contributed by atoms with Gasteiger partial charge in [-0.2, -0.15) is 0 Å². The highest BCUT2D eigenvalue weighted by Gasteiger charge is 2.17. The van der Waals surface area contributed by atoms with Gasteiger partial charge >= 0.3 is 0 Å². The Morgan fingerprint density at radius 1 is 1.00 bits per heavy atom. The Morgan fingerprint density at radius 3 is 2.33 bits per heavy atom. The van der Waals surface area contributed by atoms with Gasteiger partial charge in [-0.1, -0.05) is 36.4 Å². The molecule has 6 heteroatoms. The molecule has 6 nitrogen and oxygen atoms in total. The van der Waals surface area contributed by atoms with Crippen LogP contribution in [0.1, 0.15) is 23.0 Å². The van der Waals surface area contributed by atoms with Crippen molar-refractivity contribution in [3.8, 4) is 5.69 Å². The molecule has 150 valence electrons. The lowest BCUT2D eigenvalue weighted by molar-refractivity contribution is 0.0951. The zero-order valence-electron chi connectivity index (χ0n) is 16.8. The molecule has 0 fully saturated rings. The van der Waals surface area contributed by atoms with Crippen molar-refractivity contribution in [1.82, 2.24) is 14.9 Å². The summed E-state index contributed by atoms with van der Waals surface area (Å²) in [5.74, 6) is 0.306.